The molecule has 0 saturated carbocycles. The number of methoxy groups -OCH3 is 2. The van der Waals surface area contributed by atoms with Gasteiger partial charge in [0.05, 0.1) is 42.7 Å². The van der Waals surface area contributed by atoms with E-state index >= 15 is 0 Å². The number of aromatic nitrogens is 2. The molecule has 1 saturated heterocycles. The number of carbonyl (C=O) groups excluding carboxylic acids is 1. The molecule has 0 amide bonds. The number of benzene rings is 1. The highest BCUT2D eigenvalue weighted by molar-refractivity contribution is 7.07. The number of para-hydroxylation sites is 1. The van der Waals surface area contributed by atoms with Gasteiger partial charge in [-0.05, 0) is 64.3 Å². The number of allylic oxidation sites excluding steroid dienone is 1. The lowest BCUT2D eigenvalue weighted by molar-refractivity contribution is -0.139. The lowest BCUT2D eigenvalue weighted by Gasteiger charge is -2.26. The van der Waals surface area contributed by atoms with Gasteiger partial charge in [-0.3, -0.25) is 9.36 Å². The minimum absolute atomic E-state index is 0.198. The monoisotopic (exact) mass is 565 g/mol. The number of rotatable bonds is 8. The van der Waals surface area contributed by atoms with Crippen molar-refractivity contribution in [1.29, 1.82) is 0 Å². The second-order valence-corrected chi connectivity index (χ2v) is 11.0. The Labute approximate surface area is 237 Å². The van der Waals surface area contributed by atoms with Gasteiger partial charge in [0.2, 0.25) is 0 Å². The maximum absolute atomic E-state index is 14.1. The number of fused-ring (bicyclic) bond motifs is 1. The molecule has 0 N–H and O–H groups in total. The highest BCUT2D eigenvalue weighted by Crippen LogP contribution is 2.40. The molecule has 0 aliphatic carbocycles. The molecular weight excluding hydrogens is 530 g/mol. The van der Waals surface area contributed by atoms with Crippen molar-refractivity contribution in [3.05, 3.63) is 77.7 Å². The number of hydrogen-bond acceptors (Lipinski definition) is 8. The summed E-state index contributed by atoms with van der Waals surface area (Å²) in [5.74, 6) is 0.419. The van der Waals surface area contributed by atoms with Crippen LogP contribution in [0.1, 0.15) is 55.2 Å². The van der Waals surface area contributed by atoms with Crippen LogP contribution in [0.2, 0.25) is 0 Å². The van der Waals surface area contributed by atoms with Gasteiger partial charge in [0, 0.05) is 30.1 Å². The number of thiazole rings is 1. The molecule has 2 aromatic heterocycles. The number of aryl methyl sites for hydroxylation is 1. The molecule has 40 heavy (non-hydrogen) atoms. The largest absolute Gasteiger partial charge is 0.493 e. The summed E-state index contributed by atoms with van der Waals surface area (Å²) in [4.78, 5) is 32.5. The van der Waals surface area contributed by atoms with Gasteiger partial charge in [-0.15, -0.1) is 0 Å². The molecule has 0 radical (unpaired) electrons. The Hall–Kier alpha value is -3.63. The summed E-state index contributed by atoms with van der Waals surface area (Å²) in [6, 6.07) is 6.72. The van der Waals surface area contributed by atoms with E-state index in [0.717, 1.165) is 42.9 Å². The van der Waals surface area contributed by atoms with E-state index in [2.05, 4.69) is 29.5 Å². The number of hydrogen-bond donors (Lipinski definition) is 0. The van der Waals surface area contributed by atoms with E-state index < -0.39 is 12.0 Å². The Balaban J connectivity index is 1.68. The second kappa shape index (κ2) is 11.5. The van der Waals surface area contributed by atoms with Gasteiger partial charge >= 0.3 is 5.97 Å². The van der Waals surface area contributed by atoms with Gasteiger partial charge in [-0.1, -0.05) is 23.5 Å². The average molecular weight is 566 g/mol. The van der Waals surface area contributed by atoms with Gasteiger partial charge < -0.3 is 23.5 Å². The zero-order chi connectivity index (χ0) is 28.6. The lowest BCUT2D eigenvalue weighted by atomic mass is 9.94. The van der Waals surface area contributed by atoms with E-state index in [-0.39, 0.29) is 18.3 Å². The van der Waals surface area contributed by atoms with Crippen molar-refractivity contribution in [2.75, 3.05) is 27.4 Å². The summed E-state index contributed by atoms with van der Waals surface area (Å²) in [5, 5.41) is 0. The molecule has 2 atom stereocenters. The van der Waals surface area contributed by atoms with Gasteiger partial charge in [0.15, 0.2) is 16.3 Å². The van der Waals surface area contributed by atoms with Crippen LogP contribution in [0.25, 0.3) is 6.08 Å². The third kappa shape index (κ3) is 4.90. The zero-order valence-electron chi connectivity index (χ0n) is 23.8. The zero-order valence-corrected chi connectivity index (χ0v) is 24.6. The smallest absolute Gasteiger partial charge is 0.338 e. The van der Waals surface area contributed by atoms with Crippen LogP contribution in [0, 0.1) is 13.8 Å². The molecule has 9 nitrogen and oxygen atoms in total. The summed E-state index contributed by atoms with van der Waals surface area (Å²) in [6.07, 6.45) is 4.28. The first-order valence-corrected chi connectivity index (χ1v) is 14.3. The molecule has 212 valence electrons. The third-order valence-corrected chi connectivity index (χ3v) is 8.54. The summed E-state index contributed by atoms with van der Waals surface area (Å²) in [5.41, 5.74) is 4.33. The van der Waals surface area contributed by atoms with Gasteiger partial charge in [0.25, 0.3) is 5.56 Å². The Bertz CT molecular complexity index is 1660. The third-order valence-electron chi connectivity index (χ3n) is 7.55. The average Bonchev–Trinajstić information content (AvgIpc) is 3.63. The van der Waals surface area contributed by atoms with Crippen LogP contribution in [-0.4, -0.2) is 48.6 Å². The van der Waals surface area contributed by atoms with E-state index in [9.17, 15) is 9.59 Å². The second-order valence-electron chi connectivity index (χ2n) is 9.96. The molecule has 0 bridgehead atoms. The van der Waals surface area contributed by atoms with Crippen molar-refractivity contribution in [2.45, 2.75) is 59.2 Å². The highest BCUT2D eigenvalue weighted by atomic mass is 32.1. The van der Waals surface area contributed by atoms with Gasteiger partial charge in [-0.2, -0.15) is 0 Å². The predicted octanol–water partition coefficient (Wildman–Crippen LogP) is 3.41. The predicted molar refractivity (Wildman–Crippen MR) is 153 cm³/mol. The molecule has 1 aromatic carbocycles. The first kappa shape index (κ1) is 27.9. The molecule has 3 aromatic rings. The van der Waals surface area contributed by atoms with Crippen molar-refractivity contribution in [1.82, 2.24) is 9.13 Å². The first-order chi connectivity index (χ1) is 19.3. The minimum atomic E-state index is -0.797. The van der Waals surface area contributed by atoms with Crippen LogP contribution in [-0.2, 0) is 20.8 Å². The maximum atomic E-state index is 14.1. The van der Waals surface area contributed by atoms with Crippen LogP contribution in [0.5, 0.6) is 11.5 Å². The van der Waals surface area contributed by atoms with E-state index in [1.165, 1.54) is 18.4 Å². The quantitative estimate of drug-likeness (QED) is 0.389. The topological polar surface area (TPSA) is 93.3 Å². The summed E-state index contributed by atoms with van der Waals surface area (Å²) in [6.45, 7) is 9.46. The fourth-order valence-electron chi connectivity index (χ4n) is 5.60. The van der Waals surface area contributed by atoms with Crippen LogP contribution < -0.4 is 24.4 Å². The SMILES string of the molecule is CCOC(=O)C1=C(C)N=c2sc(=Cc3cc(C)n(C[C@@H]4CCCO4)c3C)c(=O)n2[C@H]1c1cccc(OC)c1OC. The van der Waals surface area contributed by atoms with Crippen LogP contribution in [0.4, 0.5) is 0 Å². The summed E-state index contributed by atoms with van der Waals surface area (Å²) < 4.78 is 26.9. The molecule has 1 fully saturated rings. The van der Waals surface area contributed by atoms with Crippen molar-refractivity contribution >= 4 is 23.4 Å². The van der Waals surface area contributed by atoms with Crippen molar-refractivity contribution in [3.63, 3.8) is 0 Å². The molecule has 0 unspecified atom stereocenters. The Morgan fingerprint density at radius 3 is 2.70 bits per heavy atom. The minimum Gasteiger partial charge on any atom is -0.493 e. The Morgan fingerprint density at radius 2 is 2.02 bits per heavy atom. The molecule has 5 rings (SSSR count). The van der Waals surface area contributed by atoms with Gasteiger partial charge in [-0.25, -0.2) is 9.79 Å². The molecule has 0 spiro atoms. The molecule has 10 heteroatoms. The standard InChI is InChI=1S/C30H35N3O6S/c1-7-38-29(35)25-18(3)31-30-33(26(25)22-11-8-12-23(36-5)27(22)37-6)28(34)24(40-30)15-20-14-17(2)32(19(20)4)16-21-10-9-13-39-21/h8,11-12,14-15,21,26H,7,9-10,13,16H2,1-6H3/t21-,26-/m0/s1. The highest BCUT2D eigenvalue weighted by Gasteiger charge is 2.36. The van der Waals surface area contributed by atoms with Gasteiger partial charge in [0.1, 0.15) is 6.04 Å². The number of nitrogens with zero attached hydrogens (tertiary/aromatic N) is 3. The van der Waals surface area contributed by atoms with E-state index in [1.807, 2.05) is 18.2 Å². The van der Waals surface area contributed by atoms with E-state index in [0.29, 0.717) is 37.7 Å². The lowest BCUT2D eigenvalue weighted by Crippen LogP contribution is -2.40. The van der Waals surface area contributed by atoms with Crippen molar-refractivity contribution in [3.8, 4) is 11.5 Å². The normalized spacial score (nSPS) is 19.0. The van der Waals surface area contributed by atoms with Crippen molar-refractivity contribution < 1.29 is 23.7 Å². The molecule has 4 heterocycles. The molecular formula is C30H35N3O6S. The van der Waals surface area contributed by atoms with E-state index in [4.69, 9.17) is 18.9 Å². The Morgan fingerprint density at radius 1 is 1.23 bits per heavy atom. The maximum Gasteiger partial charge on any atom is 0.338 e. The number of carbonyl (C=O) groups is 1. The van der Waals surface area contributed by atoms with Crippen LogP contribution in [0.3, 0.4) is 0 Å². The van der Waals surface area contributed by atoms with E-state index in [1.54, 1.807) is 31.6 Å². The van der Waals surface area contributed by atoms with Crippen LogP contribution >= 0.6 is 11.3 Å². The summed E-state index contributed by atoms with van der Waals surface area (Å²) in [7, 11) is 3.09. The summed E-state index contributed by atoms with van der Waals surface area (Å²) >= 11 is 1.30. The van der Waals surface area contributed by atoms with Crippen LogP contribution in [0.15, 0.2) is 45.3 Å². The fraction of sp³-hybridized carbons (Fsp3) is 0.433. The fourth-order valence-corrected chi connectivity index (χ4v) is 6.64. The number of esters is 1. The molecule has 2 aliphatic rings. The first-order valence-electron chi connectivity index (χ1n) is 13.5. The molecule has 2 aliphatic heterocycles. The van der Waals surface area contributed by atoms with Crippen molar-refractivity contribution in [2.24, 2.45) is 4.99 Å². The Kier molecular flexibility index (Phi) is 8.00. The number of ether oxygens (including phenoxy) is 4.